The Labute approximate surface area is 147 Å². The first-order valence-corrected chi connectivity index (χ1v) is 9.54. The zero-order valence-corrected chi connectivity index (χ0v) is 15.1. The van der Waals surface area contributed by atoms with Crippen molar-refractivity contribution >= 4 is 21.7 Å². The van der Waals surface area contributed by atoms with Crippen LogP contribution in [0, 0.1) is 16.0 Å². The molecule has 0 aromatic heterocycles. The summed E-state index contributed by atoms with van der Waals surface area (Å²) in [5.41, 5.74) is -0.512. The van der Waals surface area contributed by atoms with E-state index in [0.29, 0.717) is 0 Å². The number of likely N-dealkylation sites (N-methyl/N-ethyl adjacent to an activating group) is 1. The van der Waals surface area contributed by atoms with Crippen molar-refractivity contribution < 1.29 is 22.9 Å². The van der Waals surface area contributed by atoms with Crippen molar-refractivity contribution in [3.8, 4) is 0 Å². The molecule has 25 heavy (non-hydrogen) atoms. The number of hydrogen-bond acceptors (Lipinski definition) is 6. The lowest BCUT2D eigenvalue weighted by molar-refractivity contribution is -0.387. The van der Waals surface area contributed by atoms with Gasteiger partial charge in [0.05, 0.1) is 12.0 Å². The van der Waals surface area contributed by atoms with Crippen LogP contribution in [0.5, 0.6) is 0 Å². The average Bonchev–Trinajstić information content (AvgIpc) is 2.62. The molecule has 1 saturated carbocycles. The molecule has 1 fully saturated rings. The number of methoxy groups -OCH3 is 1. The molecule has 2 rings (SSSR count). The van der Waals surface area contributed by atoms with Crippen LogP contribution in [0.3, 0.4) is 0 Å². The number of nitrogens with zero attached hydrogens (tertiary/aromatic N) is 2. The average molecular weight is 370 g/mol. The molecule has 0 heterocycles. The maximum absolute atomic E-state index is 13.0. The summed E-state index contributed by atoms with van der Waals surface area (Å²) in [4.78, 5) is 22.3. The van der Waals surface area contributed by atoms with Gasteiger partial charge in [-0.3, -0.25) is 14.9 Å². The highest BCUT2D eigenvalue weighted by Gasteiger charge is 2.41. The van der Waals surface area contributed by atoms with Gasteiger partial charge in [0.1, 0.15) is 6.04 Å². The monoisotopic (exact) mass is 370 g/mol. The van der Waals surface area contributed by atoms with Crippen molar-refractivity contribution in [3.63, 3.8) is 0 Å². The minimum Gasteiger partial charge on any atom is -0.468 e. The van der Waals surface area contributed by atoms with Crippen molar-refractivity contribution in [3.05, 3.63) is 34.4 Å². The molecule has 0 saturated heterocycles. The number of carbonyl (C=O) groups excluding carboxylic acids is 1. The third-order valence-corrected chi connectivity index (χ3v) is 6.54. The topological polar surface area (TPSA) is 107 Å². The predicted molar refractivity (Wildman–Crippen MR) is 90.4 cm³/mol. The van der Waals surface area contributed by atoms with Gasteiger partial charge in [0, 0.05) is 13.1 Å². The molecule has 8 nitrogen and oxygen atoms in total. The van der Waals surface area contributed by atoms with Crippen LogP contribution in [0.25, 0.3) is 0 Å². The molecule has 1 aliphatic rings. The Morgan fingerprint density at radius 1 is 1.28 bits per heavy atom. The largest absolute Gasteiger partial charge is 0.468 e. The maximum Gasteiger partial charge on any atom is 0.324 e. The fourth-order valence-corrected chi connectivity index (χ4v) is 4.86. The Kier molecular flexibility index (Phi) is 6.12. The molecule has 138 valence electrons. The van der Waals surface area contributed by atoms with E-state index in [4.69, 9.17) is 4.74 Å². The first-order valence-electron chi connectivity index (χ1n) is 8.10. The Balaban J connectivity index is 2.45. The van der Waals surface area contributed by atoms with Crippen LogP contribution in [-0.4, -0.2) is 43.8 Å². The molecular weight excluding hydrogens is 348 g/mol. The minimum atomic E-state index is -4.23. The highest BCUT2D eigenvalue weighted by Crippen LogP contribution is 2.33. The summed E-state index contributed by atoms with van der Waals surface area (Å²) >= 11 is 0. The van der Waals surface area contributed by atoms with Gasteiger partial charge in [0.25, 0.3) is 5.69 Å². The maximum atomic E-state index is 13.0. The second-order valence-electron chi connectivity index (χ2n) is 6.11. The van der Waals surface area contributed by atoms with Gasteiger partial charge in [-0.2, -0.15) is 4.31 Å². The second kappa shape index (κ2) is 7.92. The first kappa shape index (κ1) is 19.3. The van der Waals surface area contributed by atoms with Gasteiger partial charge in [-0.25, -0.2) is 8.42 Å². The zero-order valence-electron chi connectivity index (χ0n) is 14.3. The van der Waals surface area contributed by atoms with Crippen LogP contribution < -0.4 is 0 Å². The van der Waals surface area contributed by atoms with Crippen LogP contribution in [0.15, 0.2) is 29.2 Å². The summed E-state index contributed by atoms with van der Waals surface area (Å²) in [5.74, 6) is -0.805. The molecular formula is C16H22N2O6S. The van der Waals surface area contributed by atoms with Crippen LogP contribution in [0.1, 0.15) is 32.1 Å². The minimum absolute atomic E-state index is 0.163. The quantitative estimate of drug-likeness (QED) is 0.432. The lowest BCUT2D eigenvalue weighted by Gasteiger charge is -2.33. The Morgan fingerprint density at radius 3 is 2.44 bits per heavy atom. The van der Waals surface area contributed by atoms with E-state index in [1.165, 1.54) is 32.4 Å². The van der Waals surface area contributed by atoms with E-state index in [1.807, 2.05) is 0 Å². The summed E-state index contributed by atoms with van der Waals surface area (Å²) in [7, 11) is -1.74. The fourth-order valence-electron chi connectivity index (χ4n) is 3.34. The number of ether oxygens (including phenoxy) is 1. The van der Waals surface area contributed by atoms with Crippen LogP contribution in [-0.2, 0) is 19.6 Å². The van der Waals surface area contributed by atoms with E-state index in [-0.39, 0.29) is 5.92 Å². The Bertz CT molecular complexity index is 743. The third-order valence-electron chi connectivity index (χ3n) is 4.65. The van der Waals surface area contributed by atoms with E-state index in [2.05, 4.69) is 0 Å². The van der Waals surface area contributed by atoms with E-state index in [0.717, 1.165) is 42.5 Å². The van der Waals surface area contributed by atoms with Gasteiger partial charge in [-0.05, 0) is 24.8 Å². The molecule has 0 aliphatic heterocycles. The summed E-state index contributed by atoms with van der Waals surface area (Å²) in [6.07, 6.45) is 4.31. The second-order valence-corrected chi connectivity index (χ2v) is 8.08. The van der Waals surface area contributed by atoms with Crippen molar-refractivity contribution in [2.75, 3.05) is 14.2 Å². The molecule has 0 amide bonds. The highest BCUT2D eigenvalue weighted by atomic mass is 32.2. The molecule has 0 N–H and O–H groups in total. The summed E-state index contributed by atoms with van der Waals surface area (Å²) in [5, 5.41) is 11.2. The number of para-hydroxylation sites is 1. The Hall–Kier alpha value is -2.00. The van der Waals surface area contributed by atoms with Crippen LogP contribution >= 0.6 is 0 Å². The predicted octanol–water partition coefficient (Wildman–Crippen LogP) is 2.34. The van der Waals surface area contributed by atoms with E-state index in [1.54, 1.807) is 0 Å². The number of rotatable bonds is 6. The number of hydrogen-bond donors (Lipinski definition) is 0. The van der Waals surface area contributed by atoms with Gasteiger partial charge in [0.2, 0.25) is 10.0 Å². The SMILES string of the molecule is COC(=O)[C@H](C1CCCCC1)N(C)S(=O)(=O)c1ccccc1[N+](=O)[O-]. The van der Waals surface area contributed by atoms with E-state index >= 15 is 0 Å². The standard InChI is InChI=1S/C16H22N2O6S/c1-17(15(16(19)24-2)12-8-4-3-5-9-12)25(22,23)14-11-7-6-10-13(14)18(20)21/h6-7,10-12,15H,3-5,8-9H2,1-2H3/t15-/m0/s1. The Morgan fingerprint density at radius 2 is 1.88 bits per heavy atom. The molecule has 0 unspecified atom stereocenters. The molecule has 1 atom stereocenters. The third kappa shape index (κ3) is 3.98. The number of esters is 1. The van der Waals surface area contributed by atoms with Crippen LogP contribution in [0.2, 0.25) is 0 Å². The smallest absolute Gasteiger partial charge is 0.324 e. The van der Waals surface area contributed by atoms with Crippen molar-refractivity contribution in [2.45, 2.75) is 43.0 Å². The molecule has 1 aromatic rings. The first-order chi connectivity index (χ1) is 11.8. The lowest BCUT2D eigenvalue weighted by atomic mass is 9.84. The molecule has 0 spiro atoms. The summed E-state index contributed by atoms with van der Waals surface area (Å²) < 4.78 is 31.7. The van der Waals surface area contributed by atoms with Crippen molar-refractivity contribution in [1.29, 1.82) is 0 Å². The molecule has 1 aromatic carbocycles. The molecule has 1 aliphatic carbocycles. The fraction of sp³-hybridized carbons (Fsp3) is 0.562. The van der Waals surface area contributed by atoms with Gasteiger partial charge >= 0.3 is 5.97 Å². The van der Waals surface area contributed by atoms with Crippen molar-refractivity contribution in [1.82, 2.24) is 4.31 Å². The van der Waals surface area contributed by atoms with Gasteiger partial charge in [-0.1, -0.05) is 31.4 Å². The van der Waals surface area contributed by atoms with Crippen molar-refractivity contribution in [2.24, 2.45) is 5.92 Å². The van der Waals surface area contributed by atoms with Gasteiger partial charge in [0.15, 0.2) is 4.90 Å². The molecule has 0 radical (unpaired) electrons. The number of nitro groups is 1. The normalized spacial score (nSPS) is 17.2. The number of carbonyl (C=O) groups is 1. The highest BCUT2D eigenvalue weighted by molar-refractivity contribution is 7.89. The lowest BCUT2D eigenvalue weighted by Crippen LogP contribution is -2.48. The van der Waals surface area contributed by atoms with E-state index < -0.39 is 37.5 Å². The molecule has 0 bridgehead atoms. The number of nitro benzene ring substituents is 1. The summed E-state index contributed by atoms with van der Waals surface area (Å²) in [6, 6.07) is 4.14. The molecule has 9 heteroatoms. The van der Waals surface area contributed by atoms with Crippen LogP contribution in [0.4, 0.5) is 5.69 Å². The number of benzene rings is 1. The zero-order chi connectivity index (χ0) is 18.6. The number of sulfonamides is 1. The summed E-state index contributed by atoms with van der Waals surface area (Å²) in [6.45, 7) is 0. The van der Waals surface area contributed by atoms with Gasteiger partial charge in [-0.15, -0.1) is 0 Å². The van der Waals surface area contributed by atoms with Gasteiger partial charge < -0.3 is 4.74 Å². The van der Waals surface area contributed by atoms with E-state index in [9.17, 15) is 23.3 Å².